The number of benzene rings is 2. The van der Waals surface area contributed by atoms with E-state index >= 15 is 0 Å². The van der Waals surface area contributed by atoms with Gasteiger partial charge in [0.2, 0.25) is 0 Å². The maximum absolute atomic E-state index is 14.6. The van der Waals surface area contributed by atoms with Gasteiger partial charge in [0.15, 0.2) is 9.84 Å². The highest BCUT2D eigenvalue weighted by atomic mass is 32.2. The van der Waals surface area contributed by atoms with Crippen LogP contribution in [0.15, 0.2) is 47.4 Å². The van der Waals surface area contributed by atoms with Gasteiger partial charge in [-0.1, -0.05) is 24.3 Å². The SMILES string of the molecule is Cc1ccc(C2=C(c3cc(F)c(S(C)(=O)=O)cc3F)CC=C2)cc1C(F)(F)F. The van der Waals surface area contributed by atoms with Crippen LogP contribution in [-0.4, -0.2) is 14.7 Å². The van der Waals surface area contributed by atoms with E-state index < -0.39 is 38.1 Å². The quantitative estimate of drug-likeness (QED) is 0.616. The van der Waals surface area contributed by atoms with Crippen LogP contribution in [0, 0.1) is 18.6 Å². The number of sulfone groups is 1. The van der Waals surface area contributed by atoms with Gasteiger partial charge in [-0.25, -0.2) is 17.2 Å². The molecule has 0 N–H and O–H groups in total. The zero-order valence-electron chi connectivity index (χ0n) is 14.9. The van der Waals surface area contributed by atoms with Gasteiger partial charge in [0.25, 0.3) is 0 Å². The molecule has 2 nitrogen and oxygen atoms in total. The summed E-state index contributed by atoms with van der Waals surface area (Å²) in [7, 11) is -3.96. The fourth-order valence-electron chi connectivity index (χ4n) is 3.17. The molecule has 2 aromatic carbocycles. The monoisotopic (exact) mass is 414 g/mol. The molecule has 0 atom stereocenters. The molecular formula is C20H15F5O2S. The summed E-state index contributed by atoms with van der Waals surface area (Å²) in [5.74, 6) is -2.07. The Hall–Kier alpha value is -2.48. The van der Waals surface area contributed by atoms with Crippen molar-refractivity contribution < 1.29 is 30.4 Å². The molecule has 0 radical (unpaired) electrons. The van der Waals surface area contributed by atoms with Crippen LogP contribution in [0.25, 0.3) is 11.1 Å². The van der Waals surface area contributed by atoms with E-state index in [1.165, 1.54) is 19.1 Å². The van der Waals surface area contributed by atoms with Crippen LogP contribution in [0.2, 0.25) is 0 Å². The Morgan fingerprint density at radius 2 is 1.68 bits per heavy atom. The maximum atomic E-state index is 14.6. The van der Waals surface area contributed by atoms with Crippen molar-refractivity contribution in [1.82, 2.24) is 0 Å². The van der Waals surface area contributed by atoms with Crippen LogP contribution in [0.5, 0.6) is 0 Å². The molecule has 0 bridgehead atoms. The summed E-state index contributed by atoms with van der Waals surface area (Å²) in [6.07, 6.45) is -0.435. The zero-order chi connectivity index (χ0) is 20.9. The molecule has 28 heavy (non-hydrogen) atoms. The summed E-state index contributed by atoms with van der Waals surface area (Å²) in [6, 6.07) is 5.14. The van der Waals surface area contributed by atoms with E-state index in [2.05, 4.69) is 0 Å². The Morgan fingerprint density at radius 1 is 1.00 bits per heavy atom. The minimum atomic E-state index is -4.54. The van der Waals surface area contributed by atoms with Gasteiger partial charge in [0, 0.05) is 11.8 Å². The molecule has 0 aromatic heterocycles. The van der Waals surface area contributed by atoms with E-state index in [4.69, 9.17) is 0 Å². The summed E-state index contributed by atoms with van der Waals surface area (Å²) in [5, 5.41) is 0. The second-order valence-electron chi connectivity index (χ2n) is 6.56. The summed E-state index contributed by atoms with van der Waals surface area (Å²) >= 11 is 0. The predicted molar refractivity (Wildman–Crippen MR) is 96.2 cm³/mol. The Morgan fingerprint density at radius 3 is 2.29 bits per heavy atom. The highest BCUT2D eigenvalue weighted by molar-refractivity contribution is 7.90. The first-order valence-corrected chi connectivity index (χ1v) is 10.1. The molecule has 0 spiro atoms. The van der Waals surface area contributed by atoms with Gasteiger partial charge < -0.3 is 0 Å². The molecule has 1 aliphatic carbocycles. The van der Waals surface area contributed by atoms with E-state index in [1.807, 2.05) is 0 Å². The fourth-order valence-corrected chi connectivity index (χ4v) is 3.90. The summed E-state index contributed by atoms with van der Waals surface area (Å²) in [6.45, 7) is 1.34. The smallest absolute Gasteiger partial charge is 0.224 e. The number of hydrogen-bond acceptors (Lipinski definition) is 2. The lowest BCUT2D eigenvalue weighted by Crippen LogP contribution is -2.08. The first kappa shape index (κ1) is 20.3. The molecule has 2 aromatic rings. The van der Waals surface area contributed by atoms with Gasteiger partial charge in [-0.05, 0) is 53.8 Å². The average Bonchev–Trinajstić information content (AvgIpc) is 3.04. The predicted octanol–water partition coefficient (Wildman–Crippen LogP) is 5.57. The molecule has 0 heterocycles. The Bertz CT molecular complexity index is 1130. The molecule has 8 heteroatoms. The van der Waals surface area contributed by atoms with E-state index in [1.54, 1.807) is 12.2 Å². The van der Waals surface area contributed by atoms with E-state index in [-0.39, 0.29) is 28.7 Å². The van der Waals surface area contributed by atoms with Gasteiger partial charge in [-0.15, -0.1) is 0 Å². The number of halogens is 5. The fraction of sp³-hybridized carbons (Fsp3) is 0.200. The second kappa shape index (κ2) is 6.84. The van der Waals surface area contributed by atoms with E-state index in [9.17, 15) is 30.4 Å². The second-order valence-corrected chi connectivity index (χ2v) is 8.54. The average molecular weight is 414 g/mol. The third-order valence-electron chi connectivity index (χ3n) is 4.53. The molecule has 0 amide bonds. The van der Waals surface area contributed by atoms with Crippen LogP contribution in [0.1, 0.15) is 28.7 Å². The normalized spacial score (nSPS) is 14.8. The van der Waals surface area contributed by atoms with Crippen molar-refractivity contribution in [3.8, 4) is 0 Å². The lowest BCUT2D eigenvalue weighted by molar-refractivity contribution is -0.138. The number of aryl methyl sites for hydroxylation is 1. The number of alkyl halides is 3. The van der Waals surface area contributed by atoms with Crippen molar-refractivity contribution in [1.29, 1.82) is 0 Å². The lowest BCUT2D eigenvalue weighted by Gasteiger charge is -2.14. The highest BCUT2D eigenvalue weighted by Gasteiger charge is 2.33. The van der Waals surface area contributed by atoms with Crippen molar-refractivity contribution >= 4 is 21.0 Å². The van der Waals surface area contributed by atoms with Crippen molar-refractivity contribution in [3.63, 3.8) is 0 Å². The maximum Gasteiger partial charge on any atom is 0.416 e. The molecule has 148 valence electrons. The van der Waals surface area contributed by atoms with Crippen LogP contribution < -0.4 is 0 Å². The van der Waals surface area contributed by atoms with Crippen molar-refractivity contribution in [2.45, 2.75) is 24.4 Å². The largest absolute Gasteiger partial charge is 0.416 e. The van der Waals surface area contributed by atoms with Gasteiger partial charge in [-0.3, -0.25) is 0 Å². The van der Waals surface area contributed by atoms with Crippen LogP contribution in [0.3, 0.4) is 0 Å². The van der Waals surface area contributed by atoms with Crippen LogP contribution in [0.4, 0.5) is 22.0 Å². The van der Waals surface area contributed by atoms with Crippen LogP contribution >= 0.6 is 0 Å². The van der Waals surface area contributed by atoms with Crippen molar-refractivity contribution in [2.24, 2.45) is 0 Å². The van der Waals surface area contributed by atoms with Crippen molar-refractivity contribution in [2.75, 3.05) is 6.26 Å². The topological polar surface area (TPSA) is 34.1 Å². The van der Waals surface area contributed by atoms with E-state index in [0.29, 0.717) is 11.6 Å². The molecule has 0 unspecified atom stereocenters. The third-order valence-corrected chi connectivity index (χ3v) is 5.64. The minimum absolute atomic E-state index is 0.0510. The zero-order valence-corrected chi connectivity index (χ0v) is 15.7. The Balaban J connectivity index is 2.19. The van der Waals surface area contributed by atoms with E-state index in [0.717, 1.165) is 18.4 Å². The molecule has 1 aliphatic rings. The molecule has 0 fully saturated rings. The first-order valence-electron chi connectivity index (χ1n) is 8.17. The number of rotatable bonds is 3. The van der Waals surface area contributed by atoms with Gasteiger partial charge >= 0.3 is 6.18 Å². The summed E-state index contributed by atoms with van der Waals surface area (Å²) in [5.41, 5.74) is -0.108. The van der Waals surface area contributed by atoms with Gasteiger partial charge in [0.1, 0.15) is 16.5 Å². The van der Waals surface area contributed by atoms with Crippen molar-refractivity contribution in [3.05, 3.63) is 76.4 Å². The molecule has 0 saturated carbocycles. The van der Waals surface area contributed by atoms with Gasteiger partial charge in [0.05, 0.1) is 5.56 Å². The standard InChI is InChI=1S/C20H15F5O2S/c1-11-6-7-12(8-16(11)20(23,24)25)13-4-3-5-14(13)15-9-18(22)19(10-17(15)21)28(2,26)27/h3-4,6-10H,5H2,1-2H3. The molecule has 0 aliphatic heterocycles. The number of allylic oxidation sites excluding steroid dienone is 4. The Kier molecular flexibility index (Phi) is 4.95. The highest BCUT2D eigenvalue weighted by Crippen LogP contribution is 2.40. The third kappa shape index (κ3) is 3.73. The number of hydrogen-bond donors (Lipinski definition) is 0. The summed E-state index contributed by atoms with van der Waals surface area (Å²) < 4.78 is 91.5. The molecule has 3 rings (SSSR count). The van der Waals surface area contributed by atoms with Gasteiger partial charge in [-0.2, -0.15) is 13.2 Å². The molecular weight excluding hydrogens is 399 g/mol. The minimum Gasteiger partial charge on any atom is -0.224 e. The summed E-state index contributed by atoms with van der Waals surface area (Å²) in [4.78, 5) is -0.767. The lowest BCUT2D eigenvalue weighted by atomic mass is 9.94. The first-order chi connectivity index (χ1) is 12.9. The van der Waals surface area contributed by atoms with Crippen LogP contribution in [-0.2, 0) is 16.0 Å². The molecule has 0 saturated heterocycles. The Labute approximate surface area is 158 Å².